The van der Waals surface area contributed by atoms with E-state index in [1.54, 1.807) is 0 Å². The number of aliphatic imine (C=N–C) groups is 1. The molecule has 0 aromatic heterocycles. The standard InChI is InChI=1S/C16H26IN3O2/c1-3-5-10-19-16(18-4-2)20-11-14(21)12-22-15-8-6-13(17)7-9-15/h6-9,14,21H,3-5,10-12H2,1-2H3,(H2,18,19,20). The first-order valence-corrected chi connectivity index (χ1v) is 8.82. The normalized spacial score (nSPS) is 12.8. The van der Waals surface area contributed by atoms with Crippen molar-refractivity contribution >= 4 is 28.6 Å². The molecule has 0 spiro atoms. The van der Waals surface area contributed by atoms with Gasteiger partial charge in [0.05, 0.1) is 6.54 Å². The summed E-state index contributed by atoms with van der Waals surface area (Å²) in [6.07, 6.45) is 1.61. The van der Waals surface area contributed by atoms with E-state index in [4.69, 9.17) is 4.74 Å². The summed E-state index contributed by atoms with van der Waals surface area (Å²) < 4.78 is 6.71. The highest BCUT2D eigenvalue weighted by molar-refractivity contribution is 14.1. The number of hydrogen-bond acceptors (Lipinski definition) is 3. The highest BCUT2D eigenvalue weighted by Crippen LogP contribution is 2.13. The van der Waals surface area contributed by atoms with Gasteiger partial charge in [0.25, 0.3) is 0 Å². The fourth-order valence-electron chi connectivity index (χ4n) is 1.70. The number of unbranched alkanes of at least 4 members (excludes halogenated alkanes) is 1. The Bertz CT molecular complexity index is 438. The first-order chi connectivity index (χ1) is 10.7. The lowest BCUT2D eigenvalue weighted by atomic mass is 10.3. The van der Waals surface area contributed by atoms with Gasteiger partial charge in [-0.25, -0.2) is 0 Å². The average Bonchev–Trinajstić information content (AvgIpc) is 2.52. The third-order valence-corrected chi connectivity index (χ3v) is 3.60. The number of rotatable bonds is 9. The van der Waals surface area contributed by atoms with Gasteiger partial charge in [0.15, 0.2) is 5.96 Å². The minimum absolute atomic E-state index is 0.235. The second kappa shape index (κ2) is 11.5. The van der Waals surface area contributed by atoms with Crippen LogP contribution in [0.3, 0.4) is 0 Å². The monoisotopic (exact) mass is 419 g/mol. The number of ether oxygens (including phenoxy) is 1. The van der Waals surface area contributed by atoms with E-state index >= 15 is 0 Å². The van der Waals surface area contributed by atoms with Crippen molar-refractivity contribution in [2.24, 2.45) is 4.99 Å². The first kappa shape index (κ1) is 19.0. The van der Waals surface area contributed by atoms with Crippen LogP contribution >= 0.6 is 22.6 Å². The average molecular weight is 419 g/mol. The molecule has 1 unspecified atom stereocenters. The topological polar surface area (TPSA) is 65.9 Å². The molecule has 0 heterocycles. The molecule has 0 fully saturated rings. The lowest BCUT2D eigenvalue weighted by Gasteiger charge is -2.13. The van der Waals surface area contributed by atoms with Gasteiger partial charge >= 0.3 is 0 Å². The van der Waals surface area contributed by atoms with Gasteiger partial charge in [-0.05, 0) is 60.2 Å². The Labute approximate surface area is 146 Å². The van der Waals surface area contributed by atoms with Crippen molar-refractivity contribution in [2.75, 3.05) is 26.2 Å². The number of guanidine groups is 1. The van der Waals surface area contributed by atoms with Gasteiger partial charge in [0.2, 0.25) is 0 Å². The summed E-state index contributed by atoms with van der Waals surface area (Å²) in [5.41, 5.74) is 0. The van der Waals surface area contributed by atoms with E-state index in [1.165, 1.54) is 0 Å². The molecule has 5 nitrogen and oxygen atoms in total. The fourth-order valence-corrected chi connectivity index (χ4v) is 2.06. The predicted molar refractivity (Wildman–Crippen MR) is 99.6 cm³/mol. The van der Waals surface area contributed by atoms with Crippen LogP contribution in [0, 0.1) is 3.57 Å². The summed E-state index contributed by atoms with van der Waals surface area (Å²) >= 11 is 2.24. The number of halogens is 1. The number of nitrogens with one attached hydrogen (secondary N) is 2. The van der Waals surface area contributed by atoms with E-state index in [1.807, 2.05) is 31.2 Å². The van der Waals surface area contributed by atoms with Crippen LogP contribution in [-0.4, -0.2) is 43.4 Å². The molecule has 1 rings (SSSR count). The van der Waals surface area contributed by atoms with E-state index in [0.717, 1.165) is 41.2 Å². The van der Waals surface area contributed by atoms with Crippen LogP contribution in [0.2, 0.25) is 0 Å². The molecule has 0 amide bonds. The molecule has 0 saturated carbocycles. The van der Waals surface area contributed by atoms with Gasteiger partial charge in [0, 0.05) is 16.7 Å². The molecule has 0 aliphatic rings. The molecule has 1 aromatic carbocycles. The van der Waals surface area contributed by atoms with Crippen molar-refractivity contribution in [1.82, 2.24) is 10.6 Å². The Kier molecular flexibility index (Phi) is 9.98. The maximum Gasteiger partial charge on any atom is 0.191 e. The molecule has 0 aliphatic heterocycles. The molecule has 1 aromatic rings. The van der Waals surface area contributed by atoms with Crippen molar-refractivity contribution in [3.63, 3.8) is 0 Å². The molecular weight excluding hydrogens is 393 g/mol. The van der Waals surface area contributed by atoms with Crippen LogP contribution in [0.25, 0.3) is 0 Å². The molecule has 1 atom stereocenters. The highest BCUT2D eigenvalue weighted by atomic mass is 127. The number of nitrogens with zero attached hydrogens (tertiary/aromatic N) is 1. The van der Waals surface area contributed by atoms with Gasteiger partial charge in [-0.15, -0.1) is 0 Å². The fraction of sp³-hybridized carbons (Fsp3) is 0.562. The van der Waals surface area contributed by atoms with Gasteiger partial charge in [0.1, 0.15) is 18.5 Å². The lowest BCUT2D eigenvalue weighted by molar-refractivity contribution is 0.114. The van der Waals surface area contributed by atoms with E-state index in [-0.39, 0.29) is 6.61 Å². The van der Waals surface area contributed by atoms with Gasteiger partial charge in [-0.1, -0.05) is 13.3 Å². The maximum absolute atomic E-state index is 9.96. The molecule has 3 N–H and O–H groups in total. The minimum atomic E-state index is -0.624. The Morgan fingerprint density at radius 1 is 1.27 bits per heavy atom. The van der Waals surface area contributed by atoms with Crippen molar-refractivity contribution in [3.05, 3.63) is 27.8 Å². The molecule has 0 bridgehead atoms. The summed E-state index contributed by atoms with van der Waals surface area (Å²) in [6, 6.07) is 7.74. The second-order valence-corrected chi connectivity index (χ2v) is 6.16. The summed E-state index contributed by atoms with van der Waals surface area (Å²) in [5, 5.41) is 16.4. The second-order valence-electron chi connectivity index (χ2n) is 4.92. The predicted octanol–water partition coefficient (Wildman–Crippen LogP) is 2.39. The molecular formula is C16H26IN3O2. The van der Waals surface area contributed by atoms with Crippen LogP contribution < -0.4 is 15.4 Å². The van der Waals surface area contributed by atoms with Crippen LogP contribution in [0.15, 0.2) is 29.3 Å². The molecule has 22 heavy (non-hydrogen) atoms. The maximum atomic E-state index is 9.96. The molecule has 0 aliphatic carbocycles. The SMILES string of the molecule is CCCCNC(=NCC(O)COc1ccc(I)cc1)NCC. The quantitative estimate of drug-likeness (QED) is 0.249. The zero-order valence-electron chi connectivity index (χ0n) is 13.3. The van der Waals surface area contributed by atoms with Crippen LogP contribution in [0.4, 0.5) is 0 Å². The smallest absolute Gasteiger partial charge is 0.191 e. The summed E-state index contributed by atoms with van der Waals surface area (Å²) in [6.45, 7) is 6.40. The zero-order valence-corrected chi connectivity index (χ0v) is 15.5. The molecule has 124 valence electrons. The Hall–Kier alpha value is -1.02. The van der Waals surface area contributed by atoms with Crippen molar-refractivity contribution < 1.29 is 9.84 Å². The number of aliphatic hydroxyl groups is 1. The van der Waals surface area contributed by atoms with Crippen LogP contribution in [-0.2, 0) is 0 Å². The Morgan fingerprint density at radius 3 is 2.64 bits per heavy atom. The van der Waals surface area contributed by atoms with E-state index in [0.29, 0.717) is 6.54 Å². The largest absolute Gasteiger partial charge is 0.491 e. The minimum Gasteiger partial charge on any atom is -0.491 e. The summed E-state index contributed by atoms with van der Waals surface area (Å²) in [4.78, 5) is 4.37. The van der Waals surface area contributed by atoms with Crippen molar-refractivity contribution in [1.29, 1.82) is 0 Å². The Balaban J connectivity index is 2.35. The van der Waals surface area contributed by atoms with Crippen molar-refractivity contribution in [2.45, 2.75) is 32.8 Å². The van der Waals surface area contributed by atoms with E-state index in [2.05, 4.69) is 45.1 Å². The van der Waals surface area contributed by atoms with Gasteiger partial charge in [-0.2, -0.15) is 0 Å². The third-order valence-electron chi connectivity index (χ3n) is 2.88. The van der Waals surface area contributed by atoms with Crippen LogP contribution in [0.5, 0.6) is 5.75 Å². The zero-order chi connectivity index (χ0) is 16.2. The van der Waals surface area contributed by atoms with E-state index < -0.39 is 6.10 Å². The number of hydrogen-bond donors (Lipinski definition) is 3. The summed E-state index contributed by atoms with van der Waals surface area (Å²) in [7, 11) is 0. The van der Waals surface area contributed by atoms with E-state index in [9.17, 15) is 5.11 Å². The summed E-state index contributed by atoms with van der Waals surface area (Å²) in [5.74, 6) is 1.50. The number of aliphatic hydroxyl groups excluding tert-OH is 1. The molecule has 0 radical (unpaired) electrons. The van der Waals surface area contributed by atoms with Crippen LogP contribution in [0.1, 0.15) is 26.7 Å². The first-order valence-electron chi connectivity index (χ1n) is 7.74. The molecule has 0 saturated heterocycles. The lowest BCUT2D eigenvalue weighted by Crippen LogP contribution is -2.38. The highest BCUT2D eigenvalue weighted by Gasteiger charge is 2.06. The Morgan fingerprint density at radius 2 is 2.00 bits per heavy atom. The molecule has 6 heteroatoms. The van der Waals surface area contributed by atoms with Gasteiger partial charge < -0.3 is 20.5 Å². The van der Waals surface area contributed by atoms with Gasteiger partial charge in [-0.3, -0.25) is 4.99 Å². The number of benzene rings is 1. The third kappa shape index (κ3) is 8.43. The van der Waals surface area contributed by atoms with Crippen molar-refractivity contribution in [3.8, 4) is 5.75 Å².